The largest absolute Gasteiger partial charge is 0.393 e. The maximum atomic E-state index is 9.37. The van der Waals surface area contributed by atoms with Gasteiger partial charge in [0.25, 0.3) is 0 Å². The fourth-order valence-electron chi connectivity index (χ4n) is 1.60. The quantitative estimate of drug-likeness (QED) is 0.423. The monoisotopic (exact) mass is 246 g/mol. The fourth-order valence-corrected chi connectivity index (χ4v) is 1.60. The number of hydrogen-bond donors (Lipinski definition) is 1. The van der Waals surface area contributed by atoms with Crippen molar-refractivity contribution in [3.63, 3.8) is 0 Å². The first kappa shape index (κ1) is 16.9. The molecule has 1 atom stereocenters. The molecule has 0 fully saturated rings. The van der Waals surface area contributed by atoms with Crippen LogP contribution in [-0.2, 0) is 9.47 Å². The molecule has 0 heterocycles. The molecule has 0 aliphatic carbocycles. The lowest BCUT2D eigenvalue weighted by Crippen LogP contribution is -2.23. The summed E-state index contributed by atoms with van der Waals surface area (Å²) in [4.78, 5) is 0. The summed E-state index contributed by atoms with van der Waals surface area (Å²) in [5.74, 6) is 0. The van der Waals surface area contributed by atoms with E-state index in [1.165, 1.54) is 25.7 Å². The van der Waals surface area contributed by atoms with E-state index in [9.17, 15) is 5.11 Å². The SMILES string of the molecule is CCCCCOC(CC(C)O)OCCCCC. The zero-order chi connectivity index (χ0) is 12.9. The Labute approximate surface area is 107 Å². The fraction of sp³-hybridized carbons (Fsp3) is 1.00. The third kappa shape index (κ3) is 12.1. The van der Waals surface area contributed by atoms with E-state index >= 15 is 0 Å². The van der Waals surface area contributed by atoms with E-state index in [1.54, 1.807) is 6.92 Å². The Kier molecular flexibility index (Phi) is 12.3. The molecule has 0 spiro atoms. The van der Waals surface area contributed by atoms with Crippen molar-refractivity contribution >= 4 is 0 Å². The first-order valence-corrected chi connectivity index (χ1v) is 7.12. The highest BCUT2D eigenvalue weighted by Crippen LogP contribution is 2.08. The zero-order valence-corrected chi connectivity index (χ0v) is 11.8. The van der Waals surface area contributed by atoms with Gasteiger partial charge in [-0.1, -0.05) is 39.5 Å². The molecular weight excluding hydrogens is 216 g/mol. The Morgan fingerprint density at radius 1 is 0.882 bits per heavy atom. The van der Waals surface area contributed by atoms with Crippen LogP contribution in [0.3, 0.4) is 0 Å². The van der Waals surface area contributed by atoms with Crippen LogP contribution in [0.25, 0.3) is 0 Å². The Morgan fingerprint density at radius 3 is 1.71 bits per heavy atom. The van der Waals surface area contributed by atoms with Crippen LogP contribution < -0.4 is 0 Å². The predicted molar refractivity (Wildman–Crippen MR) is 71.0 cm³/mol. The molecule has 17 heavy (non-hydrogen) atoms. The van der Waals surface area contributed by atoms with Crippen LogP contribution in [-0.4, -0.2) is 30.7 Å². The molecule has 0 aromatic carbocycles. The van der Waals surface area contributed by atoms with E-state index in [4.69, 9.17) is 9.47 Å². The van der Waals surface area contributed by atoms with Gasteiger partial charge in [-0.05, 0) is 19.8 Å². The van der Waals surface area contributed by atoms with E-state index in [1.807, 2.05) is 0 Å². The Morgan fingerprint density at radius 2 is 1.35 bits per heavy atom. The highest BCUT2D eigenvalue weighted by Gasteiger charge is 2.12. The smallest absolute Gasteiger partial charge is 0.160 e. The standard InChI is InChI=1S/C14H30O3/c1-4-6-8-10-16-14(12-13(3)15)17-11-9-7-5-2/h13-15H,4-12H2,1-3H3. The van der Waals surface area contributed by atoms with Crippen LogP contribution in [0.2, 0.25) is 0 Å². The van der Waals surface area contributed by atoms with Crippen LogP contribution in [0.1, 0.15) is 65.7 Å². The predicted octanol–water partition coefficient (Wildman–Crippen LogP) is 3.50. The topological polar surface area (TPSA) is 38.7 Å². The molecule has 0 aromatic heterocycles. The van der Waals surface area contributed by atoms with Crippen molar-refractivity contribution in [1.82, 2.24) is 0 Å². The van der Waals surface area contributed by atoms with Crippen LogP contribution in [0.4, 0.5) is 0 Å². The van der Waals surface area contributed by atoms with Gasteiger partial charge < -0.3 is 14.6 Å². The van der Waals surface area contributed by atoms with Crippen LogP contribution in [0.15, 0.2) is 0 Å². The number of hydrogen-bond acceptors (Lipinski definition) is 3. The number of rotatable bonds is 12. The van der Waals surface area contributed by atoms with Gasteiger partial charge in [0.1, 0.15) is 0 Å². The van der Waals surface area contributed by atoms with Crippen molar-refractivity contribution in [2.24, 2.45) is 0 Å². The molecule has 0 bridgehead atoms. The van der Waals surface area contributed by atoms with Crippen molar-refractivity contribution in [2.45, 2.75) is 78.1 Å². The van der Waals surface area contributed by atoms with Gasteiger partial charge in [-0.2, -0.15) is 0 Å². The number of unbranched alkanes of at least 4 members (excludes halogenated alkanes) is 4. The third-order valence-corrected chi connectivity index (χ3v) is 2.64. The van der Waals surface area contributed by atoms with E-state index in [2.05, 4.69) is 13.8 Å². The van der Waals surface area contributed by atoms with Gasteiger partial charge in [-0.25, -0.2) is 0 Å². The summed E-state index contributed by atoms with van der Waals surface area (Å²) in [6.07, 6.45) is 6.90. The average molecular weight is 246 g/mol. The normalized spacial score (nSPS) is 13.2. The highest BCUT2D eigenvalue weighted by molar-refractivity contribution is 4.53. The second-order valence-corrected chi connectivity index (χ2v) is 4.67. The van der Waals surface area contributed by atoms with Gasteiger partial charge in [0, 0.05) is 19.6 Å². The van der Waals surface area contributed by atoms with Crippen LogP contribution in [0.5, 0.6) is 0 Å². The van der Waals surface area contributed by atoms with Gasteiger partial charge in [-0.3, -0.25) is 0 Å². The molecule has 0 aliphatic heterocycles. The molecule has 0 aromatic rings. The summed E-state index contributed by atoms with van der Waals surface area (Å²) in [7, 11) is 0. The van der Waals surface area contributed by atoms with Crippen molar-refractivity contribution in [3.8, 4) is 0 Å². The molecule has 1 unspecified atom stereocenters. The minimum atomic E-state index is -0.364. The molecule has 3 heteroatoms. The second-order valence-electron chi connectivity index (χ2n) is 4.67. The Balaban J connectivity index is 3.64. The Hall–Kier alpha value is -0.120. The summed E-state index contributed by atoms with van der Waals surface area (Å²) in [5, 5.41) is 9.37. The maximum absolute atomic E-state index is 9.37. The molecule has 0 amide bonds. The lowest BCUT2D eigenvalue weighted by molar-refractivity contribution is -0.158. The van der Waals surface area contributed by atoms with Crippen molar-refractivity contribution in [1.29, 1.82) is 0 Å². The van der Waals surface area contributed by atoms with Gasteiger partial charge in [-0.15, -0.1) is 0 Å². The zero-order valence-electron chi connectivity index (χ0n) is 11.8. The number of aliphatic hydroxyl groups is 1. The minimum Gasteiger partial charge on any atom is -0.393 e. The van der Waals surface area contributed by atoms with Gasteiger partial charge >= 0.3 is 0 Å². The summed E-state index contributed by atoms with van der Waals surface area (Å²) in [6, 6.07) is 0. The summed E-state index contributed by atoms with van der Waals surface area (Å²) in [5.41, 5.74) is 0. The summed E-state index contributed by atoms with van der Waals surface area (Å²) >= 11 is 0. The third-order valence-electron chi connectivity index (χ3n) is 2.64. The van der Waals surface area contributed by atoms with E-state index in [0.717, 1.165) is 26.1 Å². The highest BCUT2D eigenvalue weighted by atomic mass is 16.7. The number of aliphatic hydroxyl groups excluding tert-OH is 1. The van der Waals surface area contributed by atoms with Crippen molar-refractivity contribution in [2.75, 3.05) is 13.2 Å². The first-order valence-electron chi connectivity index (χ1n) is 7.12. The van der Waals surface area contributed by atoms with Gasteiger partial charge in [0.15, 0.2) is 6.29 Å². The molecular formula is C14H30O3. The molecule has 0 aliphatic rings. The van der Waals surface area contributed by atoms with E-state index in [0.29, 0.717) is 6.42 Å². The molecule has 0 saturated heterocycles. The van der Waals surface area contributed by atoms with Gasteiger partial charge in [0.05, 0.1) is 6.10 Å². The molecule has 3 nitrogen and oxygen atoms in total. The van der Waals surface area contributed by atoms with E-state index in [-0.39, 0.29) is 12.4 Å². The second kappa shape index (κ2) is 12.3. The molecule has 1 N–H and O–H groups in total. The lowest BCUT2D eigenvalue weighted by Gasteiger charge is -2.20. The van der Waals surface area contributed by atoms with Crippen molar-refractivity contribution in [3.05, 3.63) is 0 Å². The molecule has 0 rings (SSSR count). The molecule has 104 valence electrons. The van der Waals surface area contributed by atoms with Crippen LogP contribution in [0, 0.1) is 0 Å². The molecule has 0 saturated carbocycles. The van der Waals surface area contributed by atoms with Crippen LogP contribution >= 0.6 is 0 Å². The minimum absolute atomic E-state index is 0.233. The van der Waals surface area contributed by atoms with Gasteiger partial charge in [0.2, 0.25) is 0 Å². The summed E-state index contributed by atoms with van der Waals surface area (Å²) < 4.78 is 11.3. The first-order chi connectivity index (χ1) is 8.20. The van der Waals surface area contributed by atoms with Crippen molar-refractivity contribution < 1.29 is 14.6 Å². The maximum Gasteiger partial charge on any atom is 0.160 e. The molecule has 0 radical (unpaired) electrons. The Bertz CT molecular complexity index is 136. The lowest BCUT2D eigenvalue weighted by atomic mass is 10.2. The van der Waals surface area contributed by atoms with E-state index < -0.39 is 0 Å². The summed E-state index contributed by atoms with van der Waals surface area (Å²) in [6.45, 7) is 7.60. The average Bonchev–Trinajstić information content (AvgIpc) is 2.29. The number of ether oxygens (including phenoxy) is 2.